The maximum absolute atomic E-state index is 12.8. The fourth-order valence-corrected chi connectivity index (χ4v) is 4.82. The van der Waals surface area contributed by atoms with E-state index in [0.29, 0.717) is 0 Å². The van der Waals surface area contributed by atoms with E-state index in [4.69, 9.17) is 9.47 Å². The Bertz CT molecular complexity index is 1230. The van der Waals surface area contributed by atoms with Crippen LogP contribution in [-0.4, -0.2) is 47.6 Å². The molecular formula is C29H34N2O4. The van der Waals surface area contributed by atoms with Gasteiger partial charge in [0.05, 0.1) is 13.7 Å². The summed E-state index contributed by atoms with van der Waals surface area (Å²) < 4.78 is 10.4. The number of hydrogen-bond donors (Lipinski definition) is 1. The minimum atomic E-state index is -0.520. The first kappa shape index (κ1) is 24.7. The maximum Gasteiger partial charge on any atom is 0.330 e. The van der Waals surface area contributed by atoms with Crippen molar-refractivity contribution in [2.24, 2.45) is 0 Å². The number of aromatic amines is 1. The van der Waals surface area contributed by atoms with E-state index in [-0.39, 0.29) is 24.5 Å². The summed E-state index contributed by atoms with van der Waals surface area (Å²) in [5, 5.41) is 1.22. The average molecular weight is 475 g/mol. The van der Waals surface area contributed by atoms with Crippen LogP contribution >= 0.6 is 0 Å². The smallest absolute Gasteiger partial charge is 0.330 e. The Morgan fingerprint density at radius 2 is 1.97 bits per heavy atom. The van der Waals surface area contributed by atoms with Gasteiger partial charge in [0.25, 0.3) is 0 Å². The molecule has 0 bridgehead atoms. The molecule has 35 heavy (non-hydrogen) atoms. The molecular weight excluding hydrogens is 440 g/mol. The molecule has 184 valence electrons. The minimum absolute atomic E-state index is 0.140. The van der Waals surface area contributed by atoms with Gasteiger partial charge in [-0.15, -0.1) is 0 Å². The van der Waals surface area contributed by atoms with Crippen molar-refractivity contribution in [2.45, 2.75) is 51.7 Å². The second-order valence-electron chi connectivity index (χ2n) is 10.0. The molecule has 0 radical (unpaired) electrons. The van der Waals surface area contributed by atoms with Crippen LogP contribution in [0.25, 0.3) is 17.0 Å². The number of nitrogens with one attached hydrogen (secondary N) is 1. The molecule has 1 unspecified atom stereocenters. The molecule has 0 amide bonds. The Balaban J connectivity index is 1.55. The van der Waals surface area contributed by atoms with E-state index >= 15 is 0 Å². The van der Waals surface area contributed by atoms with Crippen LogP contribution in [0.4, 0.5) is 0 Å². The van der Waals surface area contributed by atoms with Crippen molar-refractivity contribution in [1.29, 1.82) is 0 Å². The van der Waals surface area contributed by atoms with Crippen LogP contribution in [0.5, 0.6) is 0 Å². The summed E-state index contributed by atoms with van der Waals surface area (Å²) in [7, 11) is 1.37. The fraction of sp³-hybridized carbons (Fsp3) is 0.379. The number of carbonyl (C=O) groups is 2. The van der Waals surface area contributed by atoms with Gasteiger partial charge in [0, 0.05) is 35.8 Å². The summed E-state index contributed by atoms with van der Waals surface area (Å²) in [5.74, 6) is -0.577. The predicted octanol–water partition coefficient (Wildman–Crippen LogP) is 5.23. The topological polar surface area (TPSA) is 71.6 Å². The number of aromatic nitrogens is 1. The molecule has 0 fully saturated rings. The van der Waals surface area contributed by atoms with Crippen LogP contribution in [0.2, 0.25) is 0 Å². The van der Waals surface area contributed by atoms with E-state index in [1.165, 1.54) is 35.3 Å². The lowest BCUT2D eigenvalue weighted by molar-refractivity contribution is -0.156. The minimum Gasteiger partial charge on any atom is -0.466 e. The standard InChI is InChI=1S/C29H34N2O4/c1-29(2,3)35-28(33)19-31(16-15-22-18-30-25-8-6-5-7-23(22)25)26-13-11-21-17-20(9-12-24(21)26)10-14-27(32)34-4/h5-10,12,14,17-18,26,30H,11,13,15-16,19H2,1-4H3. The number of carbonyl (C=O) groups excluding carboxylic acids is 2. The number of benzene rings is 2. The molecule has 4 rings (SSSR count). The van der Waals surface area contributed by atoms with Crippen molar-refractivity contribution >= 4 is 28.9 Å². The molecule has 6 heteroatoms. The predicted molar refractivity (Wildman–Crippen MR) is 138 cm³/mol. The van der Waals surface area contributed by atoms with E-state index < -0.39 is 5.60 Å². The van der Waals surface area contributed by atoms with Gasteiger partial charge in [-0.1, -0.05) is 36.4 Å². The molecule has 3 aromatic rings. The molecule has 1 heterocycles. The van der Waals surface area contributed by atoms with Crippen LogP contribution in [0.1, 0.15) is 55.5 Å². The summed E-state index contributed by atoms with van der Waals surface area (Å²) in [6.45, 7) is 6.68. The molecule has 0 spiro atoms. The quantitative estimate of drug-likeness (QED) is 0.358. The number of aryl methyl sites for hydroxylation is 1. The lowest BCUT2D eigenvalue weighted by atomic mass is 10.0. The third kappa shape index (κ3) is 6.20. The van der Waals surface area contributed by atoms with Gasteiger partial charge in [0.15, 0.2) is 0 Å². The maximum atomic E-state index is 12.8. The van der Waals surface area contributed by atoms with Crippen molar-refractivity contribution in [1.82, 2.24) is 9.88 Å². The number of methoxy groups -OCH3 is 1. The zero-order chi connectivity index (χ0) is 25.0. The highest BCUT2D eigenvalue weighted by Crippen LogP contribution is 2.37. The molecule has 2 aromatic carbocycles. The van der Waals surface area contributed by atoms with Gasteiger partial charge >= 0.3 is 11.9 Å². The van der Waals surface area contributed by atoms with Gasteiger partial charge in [-0.25, -0.2) is 4.79 Å². The lowest BCUT2D eigenvalue weighted by Crippen LogP contribution is -2.38. The van der Waals surface area contributed by atoms with Crippen LogP contribution < -0.4 is 0 Å². The third-order valence-electron chi connectivity index (χ3n) is 6.36. The van der Waals surface area contributed by atoms with E-state index in [1.54, 1.807) is 6.08 Å². The third-order valence-corrected chi connectivity index (χ3v) is 6.36. The van der Waals surface area contributed by atoms with Crippen molar-refractivity contribution in [3.63, 3.8) is 0 Å². The first-order valence-electron chi connectivity index (χ1n) is 12.1. The highest BCUT2D eigenvalue weighted by atomic mass is 16.6. The van der Waals surface area contributed by atoms with Crippen LogP contribution in [0.3, 0.4) is 0 Å². The second kappa shape index (κ2) is 10.5. The number of ether oxygens (including phenoxy) is 2. The normalized spacial score (nSPS) is 15.6. The zero-order valence-electron chi connectivity index (χ0n) is 21.0. The molecule has 1 aromatic heterocycles. The summed E-state index contributed by atoms with van der Waals surface area (Å²) in [6, 6.07) is 14.7. The Labute approximate surface area is 206 Å². The number of fused-ring (bicyclic) bond motifs is 2. The highest BCUT2D eigenvalue weighted by molar-refractivity contribution is 5.87. The van der Waals surface area contributed by atoms with E-state index in [2.05, 4.69) is 46.4 Å². The van der Waals surface area contributed by atoms with Gasteiger partial charge in [-0.3, -0.25) is 9.69 Å². The Morgan fingerprint density at radius 1 is 1.17 bits per heavy atom. The number of para-hydroxylation sites is 1. The van der Waals surface area contributed by atoms with E-state index in [9.17, 15) is 9.59 Å². The number of hydrogen-bond acceptors (Lipinski definition) is 5. The van der Waals surface area contributed by atoms with Gasteiger partial charge in [-0.2, -0.15) is 0 Å². The summed E-state index contributed by atoms with van der Waals surface area (Å²) in [4.78, 5) is 29.9. The highest BCUT2D eigenvalue weighted by Gasteiger charge is 2.30. The lowest BCUT2D eigenvalue weighted by Gasteiger charge is -2.30. The molecule has 0 saturated carbocycles. The van der Waals surface area contributed by atoms with Gasteiger partial charge < -0.3 is 14.5 Å². The molecule has 0 saturated heterocycles. The largest absolute Gasteiger partial charge is 0.466 e. The summed E-state index contributed by atoms with van der Waals surface area (Å²) >= 11 is 0. The molecule has 6 nitrogen and oxygen atoms in total. The van der Waals surface area contributed by atoms with Gasteiger partial charge in [-0.05, 0) is 74.4 Å². The number of esters is 2. The van der Waals surface area contributed by atoms with E-state index in [1.807, 2.05) is 32.9 Å². The van der Waals surface area contributed by atoms with Crippen molar-refractivity contribution in [2.75, 3.05) is 20.2 Å². The van der Waals surface area contributed by atoms with Crippen molar-refractivity contribution in [3.05, 3.63) is 77.0 Å². The van der Waals surface area contributed by atoms with Crippen LogP contribution in [-0.2, 0) is 31.9 Å². The molecule has 1 atom stereocenters. The van der Waals surface area contributed by atoms with Crippen molar-refractivity contribution in [3.8, 4) is 0 Å². The number of nitrogens with zero attached hydrogens (tertiary/aromatic N) is 1. The number of rotatable bonds is 8. The fourth-order valence-electron chi connectivity index (χ4n) is 4.82. The average Bonchev–Trinajstić information content (AvgIpc) is 3.43. The Hall–Kier alpha value is -3.38. The first-order chi connectivity index (χ1) is 16.7. The zero-order valence-corrected chi connectivity index (χ0v) is 21.0. The van der Waals surface area contributed by atoms with Crippen LogP contribution in [0.15, 0.2) is 54.7 Å². The molecule has 1 aliphatic carbocycles. The summed E-state index contributed by atoms with van der Waals surface area (Å²) in [5.41, 5.74) is 5.31. The first-order valence-corrected chi connectivity index (χ1v) is 12.1. The van der Waals surface area contributed by atoms with Gasteiger partial charge in [0.1, 0.15) is 5.60 Å². The Morgan fingerprint density at radius 3 is 2.74 bits per heavy atom. The van der Waals surface area contributed by atoms with Crippen molar-refractivity contribution < 1.29 is 19.1 Å². The molecule has 1 N–H and O–H groups in total. The second-order valence-corrected chi connectivity index (χ2v) is 10.0. The van der Waals surface area contributed by atoms with Gasteiger partial charge in [0.2, 0.25) is 0 Å². The van der Waals surface area contributed by atoms with Crippen LogP contribution in [0, 0.1) is 0 Å². The SMILES string of the molecule is COC(=O)C=Cc1ccc2c(c1)CCC2N(CCc1c[nH]c2ccccc12)CC(=O)OC(C)(C)C. The monoisotopic (exact) mass is 474 g/mol. The number of H-pyrrole nitrogens is 1. The molecule has 0 aliphatic heterocycles. The Kier molecular flexibility index (Phi) is 7.41. The van der Waals surface area contributed by atoms with E-state index in [0.717, 1.165) is 36.9 Å². The molecule has 1 aliphatic rings. The summed E-state index contributed by atoms with van der Waals surface area (Å²) in [6.07, 6.45) is 7.98.